The maximum Gasteiger partial charge on any atom is 0.191 e. The molecule has 1 aliphatic carbocycles. The van der Waals surface area contributed by atoms with Crippen LogP contribution < -0.4 is 5.73 Å². The number of hydrogen-bond acceptors (Lipinski definition) is 9. The molecule has 2 heterocycles. The second-order valence-corrected chi connectivity index (χ2v) is 6.83. The molecule has 132 valence electrons. The summed E-state index contributed by atoms with van der Waals surface area (Å²) >= 11 is 1.54. The number of aliphatic hydroxyl groups is 2. The van der Waals surface area contributed by atoms with Gasteiger partial charge in [-0.3, -0.25) is 0 Å². The van der Waals surface area contributed by atoms with Crippen LogP contribution in [0, 0.1) is 0 Å². The van der Waals surface area contributed by atoms with Crippen molar-refractivity contribution in [3.63, 3.8) is 0 Å². The summed E-state index contributed by atoms with van der Waals surface area (Å²) in [5.74, 6) is 1.22. The Morgan fingerprint density at radius 2 is 2.21 bits per heavy atom. The standard InChI is InChI=1S/C14H22N6O3S/c1-2-5-24-14-16-12(15)11-13(17-14)20(19-18-11)8-6-9(22)10(7-8)23-4-3-21/h8-10,21-22H,2-7H2,1H3,(H2,15,16,17)/t8?,9-,10?/m0/s1. The Hall–Kier alpha value is -1.49. The van der Waals surface area contributed by atoms with E-state index in [1.54, 1.807) is 16.4 Å². The van der Waals surface area contributed by atoms with Gasteiger partial charge in [0.05, 0.1) is 31.5 Å². The van der Waals surface area contributed by atoms with Crippen LogP contribution in [0.15, 0.2) is 5.16 Å². The lowest BCUT2D eigenvalue weighted by Gasteiger charge is -2.14. The van der Waals surface area contributed by atoms with Crippen molar-refractivity contribution >= 4 is 28.7 Å². The Bertz CT molecular complexity index is 696. The molecule has 0 amide bonds. The van der Waals surface area contributed by atoms with Crippen LogP contribution >= 0.6 is 11.8 Å². The number of ether oxygens (including phenoxy) is 1. The minimum absolute atomic E-state index is 0.0675. The van der Waals surface area contributed by atoms with Gasteiger partial charge in [0.2, 0.25) is 0 Å². The summed E-state index contributed by atoms with van der Waals surface area (Å²) in [5, 5.41) is 27.9. The molecule has 0 aromatic carbocycles. The lowest BCUT2D eigenvalue weighted by Crippen LogP contribution is -2.23. The summed E-state index contributed by atoms with van der Waals surface area (Å²) in [5.41, 5.74) is 7.04. The van der Waals surface area contributed by atoms with Crippen LogP contribution in [0.3, 0.4) is 0 Å². The molecule has 2 unspecified atom stereocenters. The molecule has 9 nitrogen and oxygen atoms in total. The lowest BCUT2D eigenvalue weighted by molar-refractivity contribution is -0.0303. The highest BCUT2D eigenvalue weighted by atomic mass is 32.2. The summed E-state index contributed by atoms with van der Waals surface area (Å²) in [6, 6.07) is -0.0768. The van der Waals surface area contributed by atoms with Crippen LogP contribution in [-0.4, -0.2) is 66.3 Å². The van der Waals surface area contributed by atoms with Crippen molar-refractivity contribution in [2.24, 2.45) is 0 Å². The van der Waals surface area contributed by atoms with Crippen molar-refractivity contribution in [1.82, 2.24) is 25.0 Å². The summed E-state index contributed by atoms with van der Waals surface area (Å²) in [6.45, 7) is 2.23. The first kappa shape index (κ1) is 17.3. The van der Waals surface area contributed by atoms with Crippen LogP contribution in [0.5, 0.6) is 0 Å². The molecule has 4 N–H and O–H groups in total. The monoisotopic (exact) mass is 354 g/mol. The summed E-state index contributed by atoms with van der Waals surface area (Å²) in [6.07, 6.45) is 1.17. The summed E-state index contributed by atoms with van der Waals surface area (Å²) < 4.78 is 7.19. The number of nitrogens with two attached hydrogens (primary N) is 1. The van der Waals surface area contributed by atoms with Gasteiger partial charge in [-0.25, -0.2) is 14.6 Å². The van der Waals surface area contributed by atoms with E-state index in [2.05, 4.69) is 27.2 Å². The first-order chi connectivity index (χ1) is 11.6. The first-order valence-corrected chi connectivity index (χ1v) is 9.04. The molecule has 3 rings (SSSR count). The molecule has 0 radical (unpaired) electrons. The molecule has 3 atom stereocenters. The van der Waals surface area contributed by atoms with Gasteiger partial charge in [-0.15, -0.1) is 5.10 Å². The minimum Gasteiger partial charge on any atom is -0.394 e. The lowest BCUT2D eigenvalue weighted by atomic mass is 10.2. The second-order valence-electron chi connectivity index (χ2n) is 5.77. The van der Waals surface area contributed by atoms with E-state index >= 15 is 0 Å². The van der Waals surface area contributed by atoms with Crippen LogP contribution in [0.25, 0.3) is 11.2 Å². The van der Waals surface area contributed by atoms with E-state index < -0.39 is 6.10 Å². The SMILES string of the molecule is CCCSc1nc(N)c2nnn(C3CC(OCCO)[C@@H](O)C3)c2n1. The number of aliphatic hydroxyl groups excluding tert-OH is 2. The van der Waals surface area contributed by atoms with E-state index in [4.69, 9.17) is 15.6 Å². The third kappa shape index (κ3) is 3.46. The Morgan fingerprint density at radius 1 is 1.38 bits per heavy atom. The van der Waals surface area contributed by atoms with Gasteiger partial charge in [-0.05, 0) is 19.3 Å². The molecule has 24 heavy (non-hydrogen) atoms. The van der Waals surface area contributed by atoms with Gasteiger partial charge in [0, 0.05) is 5.75 Å². The topological polar surface area (TPSA) is 132 Å². The average Bonchev–Trinajstić information content (AvgIpc) is 3.14. The molecule has 2 aromatic heterocycles. The van der Waals surface area contributed by atoms with Crippen LogP contribution in [-0.2, 0) is 4.74 Å². The number of nitrogen functional groups attached to an aromatic ring is 1. The van der Waals surface area contributed by atoms with E-state index in [1.165, 1.54) is 0 Å². The molecule has 1 saturated carbocycles. The summed E-state index contributed by atoms with van der Waals surface area (Å²) in [7, 11) is 0. The molecular formula is C14H22N6O3S. The van der Waals surface area contributed by atoms with E-state index in [9.17, 15) is 5.11 Å². The Kier molecular flexibility index (Phi) is 5.49. The highest BCUT2D eigenvalue weighted by Crippen LogP contribution is 2.34. The fourth-order valence-corrected chi connectivity index (χ4v) is 3.57. The van der Waals surface area contributed by atoms with Crippen LogP contribution in [0.1, 0.15) is 32.2 Å². The number of nitrogens with zero attached hydrogens (tertiary/aromatic N) is 5. The van der Waals surface area contributed by atoms with Gasteiger partial charge >= 0.3 is 0 Å². The van der Waals surface area contributed by atoms with Gasteiger partial charge in [0.15, 0.2) is 22.1 Å². The molecule has 2 aromatic rings. The molecule has 0 aliphatic heterocycles. The number of thioether (sulfide) groups is 1. The second kappa shape index (κ2) is 7.60. The molecule has 0 bridgehead atoms. The molecule has 0 spiro atoms. The van der Waals surface area contributed by atoms with Gasteiger partial charge in [-0.2, -0.15) is 0 Å². The smallest absolute Gasteiger partial charge is 0.191 e. The van der Waals surface area contributed by atoms with E-state index in [1.807, 2.05) is 0 Å². The fraction of sp³-hybridized carbons (Fsp3) is 0.714. The maximum absolute atomic E-state index is 10.2. The van der Waals surface area contributed by atoms with Crippen molar-refractivity contribution in [2.75, 3.05) is 24.7 Å². The van der Waals surface area contributed by atoms with Crippen LogP contribution in [0.2, 0.25) is 0 Å². The van der Waals surface area contributed by atoms with Crippen molar-refractivity contribution in [3.05, 3.63) is 0 Å². The third-order valence-corrected chi connectivity index (χ3v) is 5.03. The van der Waals surface area contributed by atoms with Gasteiger partial charge in [-0.1, -0.05) is 23.9 Å². The van der Waals surface area contributed by atoms with E-state index in [0.717, 1.165) is 12.2 Å². The Morgan fingerprint density at radius 3 is 2.96 bits per heavy atom. The first-order valence-electron chi connectivity index (χ1n) is 8.05. The zero-order valence-corrected chi connectivity index (χ0v) is 14.3. The zero-order chi connectivity index (χ0) is 17.1. The molecule has 1 fully saturated rings. The Labute approximate surface area is 143 Å². The number of rotatable bonds is 7. The molecular weight excluding hydrogens is 332 g/mol. The fourth-order valence-electron chi connectivity index (χ4n) is 2.87. The molecule has 10 heteroatoms. The highest BCUT2D eigenvalue weighted by Gasteiger charge is 2.36. The van der Waals surface area contributed by atoms with Crippen molar-refractivity contribution in [1.29, 1.82) is 0 Å². The Balaban J connectivity index is 1.85. The van der Waals surface area contributed by atoms with Crippen LogP contribution in [0.4, 0.5) is 5.82 Å². The average molecular weight is 354 g/mol. The summed E-state index contributed by atoms with van der Waals surface area (Å²) in [4.78, 5) is 8.80. The number of hydrogen-bond donors (Lipinski definition) is 3. The normalized spacial score (nSPS) is 24.0. The quantitative estimate of drug-likeness (QED) is 0.476. The van der Waals surface area contributed by atoms with Crippen molar-refractivity contribution < 1.29 is 14.9 Å². The molecule has 1 aliphatic rings. The number of anilines is 1. The number of fused-ring (bicyclic) bond motifs is 1. The largest absolute Gasteiger partial charge is 0.394 e. The highest BCUT2D eigenvalue weighted by molar-refractivity contribution is 7.99. The van der Waals surface area contributed by atoms with Crippen molar-refractivity contribution in [2.45, 2.75) is 49.6 Å². The predicted molar refractivity (Wildman–Crippen MR) is 89.6 cm³/mol. The van der Waals surface area contributed by atoms with Gasteiger partial charge in [0.25, 0.3) is 0 Å². The molecule has 0 saturated heterocycles. The van der Waals surface area contributed by atoms with E-state index in [0.29, 0.717) is 35.0 Å². The maximum atomic E-state index is 10.2. The number of aromatic nitrogens is 5. The van der Waals surface area contributed by atoms with Gasteiger partial charge < -0.3 is 20.7 Å². The van der Waals surface area contributed by atoms with Gasteiger partial charge in [0.1, 0.15) is 0 Å². The predicted octanol–water partition coefficient (Wildman–Crippen LogP) is 0.379. The van der Waals surface area contributed by atoms with Crippen molar-refractivity contribution in [3.8, 4) is 0 Å². The van der Waals surface area contributed by atoms with E-state index in [-0.39, 0.29) is 25.4 Å². The third-order valence-electron chi connectivity index (χ3n) is 3.98. The zero-order valence-electron chi connectivity index (χ0n) is 13.5. The minimum atomic E-state index is -0.603.